The Morgan fingerprint density at radius 3 is 1.58 bits per heavy atom. The SMILES string of the molecule is [2H]c1c([2H])c([2H])c2c(-c3cccc(-c4ccc5ccccc5c4)c3)c3c([2H])c(-c4cccc5ccccc45)c([2H])c([2H])c3c(-c3ccc4ccccc4c3)c2c1[2H]. The Labute approximate surface area is 301 Å². The van der Waals surface area contributed by atoms with Crippen LogP contribution in [-0.2, 0) is 0 Å². The van der Waals surface area contributed by atoms with Crippen molar-refractivity contribution in [1.29, 1.82) is 0 Å². The molecule has 0 saturated carbocycles. The molecule has 0 bridgehead atoms. The third-order valence-corrected chi connectivity index (χ3v) is 9.83. The largest absolute Gasteiger partial charge is 0.0636 e. The van der Waals surface area contributed by atoms with Crippen molar-refractivity contribution in [2.24, 2.45) is 0 Å². The fourth-order valence-corrected chi connectivity index (χ4v) is 7.44. The topological polar surface area (TPSA) is 0 Å². The van der Waals surface area contributed by atoms with Gasteiger partial charge in [-0.2, -0.15) is 0 Å². The Bertz CT molecular complexity index is 3330. The second-order valence-corrected chi connectivity index (χ2v) is 12.7. The van der Waals surface area contributed by atoms with Crippen LogP contribution in [0, 0.1) is 0 Å². The van der Waals surface area contributed by atoms with E-state index in [-0.39, 0.29) is 53.1 Å². The predicted octanol–water partition coefficient (Wildman–Crippen LogP) is 14.1. The monoisotopic (exact) mass is 639 g/mol. The average molecular weight is 640 g/mol. The number of hydrogen-bond acceptors (Lipinski definition) is 0. The zero-order chi connectivity index (χ0) is 39.1. The van der Waals surface area contributed by atoms with E-state index in [0.717, 1.165) is 43.4 Å². The second kappa shape index (κ2) is 11.6. The molecule has 0 aliphatic heterocycles. The van der Waals surface area contributed by atoms with Gasteiger partial charge in [0.05, 0.1) is 9.60 Å². The normalized spacial score (nSPS) is 13.6. The average Bonchev–Trinajstić information content (AvgIpc) is 3.25. The molecule has 10 rings (SSSR count). The van der Waals surface area contributed by atoms with E-state index < -0.39 is 0 Å². The maximum atomic E-state index is 10.2. The lowest BCUT2D eigenvalue weighted by atomic mass is 9.83. The van der Waals surface area contributed by atoms with Gasteiger partial charge in [0.2, 0.25) is 0 Å². The number of fused-ring (bicyclic) bond motifs is 5. The first-order chi connectivity index (χ1) is 27.7. The Kier molecular flexibility index (Phi) is 5.14. The van der Waals surface area contributed by atoms with Crippen LogP contribution >= 0.6 is 0 Å². The van der Waals surface area contributed by atoms with Crippen molar-refractivity contribution in [2.75, 3.05) is 0 Å². The molecule has 232 valence electrons. The molecule has 0 fully saturated rings. The third-order valence-electron chi connectivity index (χ3n) is 9.83. The van der Waals surface area contributed by atoms with E-state index in [9.17, 15) is 6.85 Å². The maximum Gasteiger partial charge on any atom is 0.0636 e. The van der Waals surface area contributed by atoms with Crippen molar-refractivity contribution in [3.63, 3.8) is 0 Å². The lowest BCUT2D eigenvalue weighted by Gasteiger charge is -2.20. The van der Waals surface area contributed by atoms with E-state index in [1.807, 2.05) is 121 Å². The molecule has 0 heterocycles. The zero-order valence-corrected chi connectivity index (χ0v) is 26.9. The molecule has 0 radical (unpaired) electrons. The summed E-state index contributed by atoms with van der Waals surface area (Å²) in [7, 11) is 0. The van der Waals surface area contributed by atoms with Crippen molar-refractivity contribution in [1.82, 2.24) is 0 Å². The van der Waals surface area contributed by atoms with Gasteiger partial charge in [0.25, 0.3) is 0 Å². The smallest absolute Gasteiger partial charge is 0.0616 e. The Balaban J connectivity index is 1.42. The summed E-state index contributed by atoms with van der Waals surface area (Å²) in [5.74, 6) is 0. The highest BCUT2D eigenvalue weighted by Crippen LogP contribution is 2.46. The molecule has 0 unspecified atom stereocenters. The lowest BCUT2D eigenvalue weighted by molar-refractivity contribution is 1.62. The number of hydrogen-bond donors (Lipinski definition) is 0. The van der Waals surface area contributed by atoms with Crippen LogP contribution in [0.4, 0.5) is 0 Å². The predicted molar refractivity (Wildman–Crippen MR) is 216 cm³/mol. The molecule has 10 aromatic carbocycles. The summed E-state index contributed by atoms with van der Waals surface area (Å²) in [6, 6.07) is 48.1. The van der Waals surface area contributed by atoms with Gasteiger partial charge in [-0.25, -0.2) is 0 Å². The molecular formula is C50H32. The standard InChI is InChI=1S/C50H32/c1-3-14-36-29-39(25-23-33(36)11-1)38-17-9-18-41(31-38)50-46-21-8-7-20-45(46)49(42-26-24-34-12-2-4-15-37(34)30-42)47-28-27-40(32-48(47)50)44-22-10-16-35-13-5-6-19-43(35)44/h1-32H/i7D,8D,20D,21D,27D,28D,32D. The zero-order valence-electron chi connectivity index (χ0n) is 33.9. The van der Waals surface area contributed by atoms with Gasteiger partial charge in [0, 0.05) is 0 Å². The van der Waals surface area contributed by atoms with E-state index >= 15 is 0 Å². The number of rotatable bonds is 4. The quantitative estimate of drug-likeness (QED) is 0.168. The lowest BCUT2D eigenvalue weighted by Crippen LogP contribution is -1.92. The first kappa shape index (κ1) is 22.2. The molecule has 0 aromatic heterocycles. The molecule has 0 heteroatoms. The fraction of sp³-hybridized carbons (Fsp3) is 0. The van der Waals surface area contributed by atoms with Crippen LogP contribution in [-0.4, -0.2) is 0 Å². The summed E-state index contributed by atoms with van der Waals surface area (Å²) in [4.78, 5) is 0. The van der Waals surface area contributed by atoms with Gasteiger partial charge in [0.15, 0.2) is 0 Å². The minimum Gasteiger partial charge on any atom is -0.0616 e. The molecule has 0 atom stereocenters. The molecule has 0 saturated heterocycles. The molecular weight excluding hydrogens is 601 g/mol. The maximum absolute atomic E-state index is 10.2. The fourth-order valence-electron chi connectivity index (χ4n) is 7.44. The molecule has 0 nitrogen and oxygen atoms in total. The van der Waals surface area contributed by atoms with E-state index in [4.69, 9.17) is 2.74 Å². The Morgan fingerprint density at radius 1 is 0.300 bits per heavy atom. The molecule has 0 aliphatic carbocycles. The van der Waals surface area contributed by atoms with Crippen LogP contribution in [0.1, 0.15) is 9.60 Å². The van der Waals surface area contributed by atoms with Crippen molar-refractivity contribution in [3.8, 4) is 44.5 Å². The summed E-state index contributed by atoms with van der Waals surface area (Å²) >= 11 is 0. The minimum absolute atomic E-state index is 0.0183. The third kappa shape index (κ3) is 4.69. The van der Waals surface area contributed by atoms with E-state index in [2.05, 4.69) is 30.3 Å². The number of benzene rings is 10. The Morgan fingerprint density at radius 2 is 0.820 bits per heavy atom. The van der Waals surface area contributed by atoms with Crippen LogP contribution in [0.25, 0.3) is 98.4 Å². The van der Waals surface area contributed by atoms with Gasteiger partial charge in [0.1, 0.15) is 0 Å². The molecule has 0 N–H and O–H groups in total. The van der Waals surface area contributed by atoms with Crippen molar-refractivity contribution in [3.05, 3.63) is 194 Å². The van der Waals surface area contributed by atoms with E-state index in [1.54, 1.807) is 0 Å². The summed E-state index contributed by atoms with van der Waals surface area (Å²) in [5.41, 5.74) is 4.91. The van der Waals surface area contributed by atoms with Gasteiger partial charge in [-0.3, -0.25) is 0 Å². The molecule has 10 aromatic rings. The summed E-state index contributed by atoms with van der Waals surface area (Å²) in [5, 5.41) is 7.06. The van der Waals surface area contributed by atoms with E-state index in [1.165, 1.54) is 0 Å². The highest BCUT2D eigenvalue weighted by Gasteiger charge is 2.19. The van der Waals surface area contributed by atoms with Crippen LogP contribution in [0.5, 0.6) is 0 Å². The van der Waals surface area contributed by atoms with Crippen molar-refractivity contribution < 1.29 is 9.60 Å². The molecule has 0 aliphatic rings. The van der Waals surface area contributed by atoms with Gasteiger partial charge in [-0.15, -0.1) is 0 Å². The summed E-state index contributed by atoms with van der Waals surface area (Å²) in [6.45, 7) is 0. The van der Waals surface area contributed by atoms with Crippen LogP contribution in [0.3, 0.4) is 0 Å². The van der Waals surface area contributed by atoms with Crippen molar-refractivity contribution >= 4 is 53.9 Å². The van der Waals surface area contributed by atoms with Gasteiger partial charge in [-0.1, -0.05) is 170 Å². The second-order valence-electron chi connectivity index (χ2n) is 12.7. The molecule has 0 amide bonds. The molecule has 0 spiro atoms. The van der Waals surface area contributed by atoms with Crippen LogP contribution in [0.15, 0.2) is 194 Å². The highest BCUT2D eigenvalue weighted by atomic mass is 14.2. The summed E-state index contributed by atoms with van der Waals surface area (Å²) in [6.07, 6.45) is 0. The summed E-state index contributed by atoms with van der Waals surface area (Å²) < 4.78 is 66.6. The Hall–Kier alpha value is -6.50. The van der Waals surface area contributed by atoms with Gasteiger partial charge in [-0.05, 0) is 123 Å². The van der Waals surface area contributed by atoms with Crippen molar-refractivity contribution in [2.45, 2.75) is 0 Å². The van der Waals surface area contributed by atoms with Gasteiger partial charge < -0.3 is 0 Å². The van der Waals surface area contributed by atoms with Crippen LogP contribution < -0.4 is 0 Å². The minimum atomic E-state index is -0.388. The first-order valence-corrected chi connectivity index (χ1v) is 16.8. The van der Waals surface area contributed by atoms with Crippen LogP contribution in [0.2, 0.25) is 0 Å². The van der Waals surface area contributed by atoms with E-state index in [0.29, 0.717) is 44.2 Å². The molecule has 50 heavy (non-hydrogen) atoms. The van der Waals surface area contributed by atoms with Gasteiger partial charge >= 0.3 is 0 Å². The highest BCUT2D eigenvalue weighted by molar-refractivity contribution is 6.22. The first-order valence-electron chi connectivity index (χ1n) is 20.3.